The zero-order chi connectivity index (χ0) is 19.3. The summed E-state index contributed by atoms with van der Waals surface area (Å²) in [5.74, 6) is -0.101. The highest BCUT2D eigenvalue weighted by Crippen LogP contribution is 2.30. The summed E-state index contributed by atoms with van der Waals surface area (Å²) < 4.78 is 0. The molecule has 0 radical (unpaired) electrons. The van der Waals surface area contributed by atoms with Gasteiger partial charge in [-0.05, 0) is 64.7 Å². The second-order valence-corrected chi connectivity index (χ2v) is 7.85. The molecule has 1 aliphatic heterocycles. The number of nitrogens with one attached hydrogen (secondary N) is 1. The molecule has 0 unspecified atom stereocenters. The molecule has 1 N–H and O–H groups in total. The van der Waals surface area contributed by atoms with Crippen LogP contribution in [0.5, 0.6) is 0 Å². The second-order valence-electron chi connectivity index (χ2n) is 6.82. The molecule has 4 rings (SSSR count). The number of thioether (sulfide) groups is 1. The first kappa shape index (κ1) is 18.5. The summed E-state index contributed by atoms with van der Waals surface area (Å²) in [6.07, 6.45) is 5.43. The number of rotatable bonds is 5. The Morgan fingerprint density at radius 2 is 1.79 bits per heavy atom. The number of amidine groups is 1. The number of carbonyl (C=O) groups is 1. The summed E-state index contributed by atoms with van der Waals surface area (Å²) in [6.45, 7) is 2.20. The van der Waals surface area contributed by atoms with Gasteiger partial charge in [0, 0.05) is 0 Å². The molecule has 1 amide bonds. The number of nitrogens with zero attached hydrogens (tertiary/aromatic N) is 1. The lowest BCUT2D eigenvalue weighted by Gasteiger charge is -2.02. The Labute approximate surface area is 169 Å². The van der Waals surface area contributed by atoms with Crippen LogP contribution in [0.15, 0.2) is 76.6 Å². The van der Waals surface area contributed by atoms with Crippen molar-refractivity contribution >= 4 is 45.4 Å². The van der Waals surface area contributed by atoms with Crippen LogP contribution >= 0.6 is 11.8 Å². The van der Waals surface area contributed by atoms with E-state index in [1.165, 1.54) is 30.2 Å². The standard InChI is InChI=1S/C24H22N2OS/c1-2-3-7-17-12-14-20(15-13-17)25-24-26-23(27)22(28-24)16-19-10-6-9-18-8-4-5-11-21(18)19/h4-6,8-16H,2-3,7H2,1H3,(H,25,26,27). The molecule has 28 heavy (non-hydrogen) atoms. The number of benzene rings is 3. The van der Waals surface area contributed by atoms with Crippen molar-refractivity contribution in [2.24, 2.45) is 4.99 Å². The number of amides is 1. The fourth-order valence-corrected chi connectivity index (χ4v) is 4.07. The smallest absolute Gasteiger partial charge is 0.264 e. The Morgan fingerprint density at radius 3 is 2.61 bits per heavy atom. The van der Waals surface area contributed by atoms with E-state index in [0.29, 0.717) is 10.1 Å². The number of aryl methyl sites for hydroxylation is 1. The van der Waals surface area contributed by atoms with Crippen LogP contribution in [0.4, 0.5) is 5.69 Å². The molecular formula is C24H22N2OS. The molecule has 1 fully saturated rings. The molecular weight excluding hydrogens is 364 g/mol. The third-order valence-electron chi connectivity index (χ3n) is 4.75. The van der Waals surface area contributed by atoms with E-state index in [0.717, 1.165) is 28.4 Å². The molecule has 1 aliphatic rings. The van der Waals surface area contributed by atoms with Gasteiger partial charge in [0.2, 0.25) is 0 Å². The summed E-state index contributed by atoms with van der Waals surface area (Å²) in [6, 6.07) is 22.6. The minimum Gasteiger partial charge on any atom is -0.300 e. The number of hydrogen-bond acceptors (Lipinski definition) is 3. The van der Waals surface area contributed by atoms with Crippen LogP contribution < -0.4 is 5.32 Å². The molecule has 3 nitrogen and oxygen atoms in total. The van der Waals surface area contributed by atoms with Crippen molar-refractivity contribution in [3.8, 4) is 0 Å². The maximum absolute atomic E-state index is 12.4. The lowest BCUT2D eigenvalue weighted by molar-refractivity contribution is -0.115. The van der Waals surface area contributed by atoms with Gasteiger partial charge >= 0.3 is 0 Å². The van der Waals surface area contributed by atoms with Crippen molar-refractivity contribution in [1.29, 1.82) is 0 Å². The van der Waals surface area contributed by atoms with Crippen LogP contribution in [0.25, 0.3) is 16.8 Å². The zero-order valence-corrected chi connectivity index (χ0v) is 16.6. The van der Waals surface area contributed by atoms with Gasteiger partial charge in [-0.1, -0.05) is 67.9 Å². The van der Waals surface area contributed by atoms with Crippen LogP contribution in [0.2, 0.25) is 0 Å². The summed E-state index contributed by atoms with van der Waals surface area (Å²) >= 11 is 1.39. The van der Waals surface area contributed by atoms with Crippen LogP contribution in [0.1, 0.15) is 30.9 Å². The van der Waals surface area contributed by atoms with Gasteiger partial charge in [-0.3, -0.25) is 4.79 Å². The molecule has 0 aromatic heterocycles. The minimum absolute atomic E-state index is 0.101. The first-order chi connectivity index (χ1) is 13.7. The molecule has 4 heteroatoms. The normalized spacial score (nSPS) is 16.8. The molecule has 0 bridgehead atoms. The van der Waals surface area contributed by atoms with Crippen molar-refractivity contribution in [2.75, 3.05) is 0 Å². The highest BCUT2D eigenvalue weighted by Gasteiger charge is 2.24. The van der Waals surface area contributed by atoms with Gasteiger partial charge in [-0.2, -0.15) is 0 Å². The first-order valence-electron chi connectivity index (χ1n) is 9.59. The number of aliphatic imine (C=N–C) groups is 1. The van der Waals surface area contributed by atoms with Crippen LogP contribution in [-0.4, -0.2) is 11.1 Å². The van der Waals surface area contributed by atoms with Gasteiger partial charge in [0.15, 0.2) is 5.17 Å². The van der Waals surface area contributed by atoms with Crippen LogP contribution in [0, 0.1) is 0 Å². The lowest BCUT2D eigenvalue weighted by atomic mass is 10.0. The van der Waals surface area contributed by atoms with E-state index in [9.17, 15) is 4.79 Å². The summed E-state index contributed by atoms with van der Waals surface area (Å²) in [5.41, 5.74) is 3.22. The number of fused-ring (bicyclic) bond motifs is 1. The van der Waals surface area contributed by atoms with Crippen molar-refractivity contribution in [3.05, 3.63) is 82.8 Å². The van der Waals surface area contributed by atoms with E-state index < -0.39 is 0 Å². The molecule has 0 saturated carbocycles. The Bertz CT molecular complexity index is 1060. The summed E-state index contributed by atoms with van der Waals surface area (Å²) in [4.78, 5) is 17.7. The SMILES string of the molecule is CCCCc1ccc(N=C2NC(=O)C(=Cc3cccc4ccccc34)S2)cc1. The fraction of sp³-hybridized carbons (Fsp3) is 0.167. The Kier molecular flexibility index (Phi) is 5.58. The van der Waals surface area contributed by atoms with E-state index in [1.54, 1.807) is 0 Å². The lowest BCUT2D eigenvalue weighted by Crippen LogP contribution is -2.19. The highest BCUT2D eigenvalue weighted by molar-refractivity contribution is 8.18. The van der Waals surface area contributed by atoms with Crippen molar-refractivity contribution in [1.82, 2.24) is 5.32 Å². The van der Waals surface area contributed by atoms with E-state index in [2.05, 4.69) is 47.6 Å². The molecule has 0 spiro atoms. The average Bonchev–Trinajstić information content (AvgIpc) is 3.06. The van der Waals surface area contributed by atoms with Crippen molar-refractivity contribution < 1.29 is 4.79 Å². The van der Waals surface area contributed by atoms with E-state index >= 15 is 0 Å². The van der Waals surface area contributed by atoms with Gasteiger partial charge in [-0.25, -0.2) is 4.99 Å². The third kappa shape index (κ3) is 4.18. The van der Waals surface area contributed by atoms with Crippen molar-refractivity contribution in [3.63, 3.8) is 0 Å². The average molecular weight is 387 g/mol. The molecule has 1 saturated heterocycles. The number of hydrogen-bond donors (Lipinski definition) is 1. The van der Waals surface area contributed by atoms with Gasteiger partial charge < -0.3 is 5.32 Å². The van der Waals surface area contributed by atoms with E-state index in [4.69, 9.17) is 0 Å². The number of unbranched alkanes of at least 4 members (excludes halogenated alkanes) is 1. The largest absolute Gasteiger partial charge is 0.300 e. The fourth-order valence-electron chi connectivity index (χ4n) is 3.23. The van der Waals surface area contributed by atoms with Crippen LogP contribution in [0.3, 0.4) is 0 Å². The summed E-state index contributed by atoms with van der Waals surface area (Å²) in [7, 11) is 0. The van der Waals surface area contributed by atoms with Gasteiger partial charge in [-0.15, -0.1) is 0 Å². The highest BCUT2D eigenvalue weighted by atomic mass is 32.2. The zero-order valence-electron chi connectivity index (χ0n) is 15.8. The molecule has 1 heterocycles. The molecule has 3 aromatic carbocycles. The maximum atomic E-state index is 12.4. The predicted octanol–water partition coefficient (Wildman–Crippen LogP) is 6.07. The molecule has 140 valence electrons. The Hall–Kier alpha value is -2.85. The van der Waals surface area contributed by atoms with Gasteiger partial charge in [0.25, 0.3) is 5.91 Å². The van der Waals surface area contributed by atoms with E-state index in [1.807, 2.05) is 42.5 Å². The second kappa shape index (κ2) is 8.44. The van der Waals surface area contributed by atoms with Gasteiger partial charge in [0.05, 0.1) is 10.6 Å². The quantitative estimate of drug-likeness (QED) is 0.540. The van der Waals surface area contributed by atoms with Crippen molar-refractivity contribution in [2.45, 2.75) is 26.2 Å². The third-order valence-corrected chi connectivity index (χ3v) is 5.66. The predicted molar refractivity (Wildman–Crippen MR) is 120 cm³/mol. The minimum atomic E-state index is -0.101. The number of carbonyl (C=O) groups excluding carboxylic acids is 1. The monoisotopic (exact) mass is 386 g/mol. The Balaban J connectivity index is 1.55. The Morgan fingerprint density at radius 1 is 1.00 bits per heavy atom. The maximum Gasteiger partial charge on any atom is 0.264 e. The van der Waals surface area contributed by atoms with E-state index in [-0.39, 0.29) is 5.91 Å². The van der Waals surface area contributed by atoms with Gasteiger partial charge in [0.1, 0.15) is 0 Å². The molecule has 0 atom stereocenters. The topological polar surface area (TPSA) is 41.5 Å². The molecule has 3 aromatic rings. The first-order valence-corrected chi connectivity index (χ1v) is 10.4. The van der Waals surface area contributed by atoms with Crippen LogP contribution in [-0.2, 0) is 11.2 Å². The molecule has 0 aliphatic carbocycles. The summed E-state index contributed by atoms with van der Waals surface area (Å²) in [5, 5.41) is 5.80.